The van der Waals surface area contributed by atoms with Crippen LogP contribution in [0.25, 0.3) is 0 Å². The van der Waals surface area contributed by atoms with Crippen LogP contribution in [0.1, 0.15) is 49.3 Å². The summed E-state index contributed by atoms with van der Waals surface area (Å²) in [5.41, 5.74) is 2.67. The minimum Gasteiger partial charge on any atom is -0.340 e. The Kier molecular flexibility index (Phi) is 5.41. The lowest BCUT2D eigenvalue weighted by molar-refractivity contribution is -0.134. The summed E-state index contributed by atoms with van der Waals surface area (Å²) in [4.78, 5) is 17.6. The molecule has 1 aliphatic heterocycles. The van der Waals surface area contributed by atoms with Gasteiger partial charge >= 0.3 is 0 Å². The molecular formula is C26H32N2O. The number of benzene rings is 2. The van der Waals surface area contributed by atoms with E-state index < -0.39 is 0 Å². The van der Waals surface area contributed by atoms with Crippen molar-refractivity contribution in [1.29, 1.82) is 0 Å². The Morgan fingerprint density at radius 2 is 1.45 bits per heavy atom. The molecule has 2 aromatic rings. The molecule has 2 bridgehead atoms. The number of hydrogen-bond donors (Lipinski definition) is 0. The van der Waals surface area contributed by atoms with Gasteiger partial charge in [0.15, 0.2) is 0 Å². The second kappa shape index (κ2) is 8.31. The summed E-state index contributed by atoms with van der Waals surface area (Å²) in [5, 5.41) is 0. The van der Waals surface area contributed by atoms with Crippen molar-refractivity contribution in [1.82, 2.24) is 9.80 Å². The average molecular weight is 389 g/mol. The van der Waals surface area contributed by atoms with Crippen LogP contribution in [-0.2, 0) is 4.79 Å². The number of fused-ring (bicyclic) bond motifs is 2. The zero-order valence-corrected chi connectivity index (χ0v) is 17.2. The summed E-state index contributed by atoms with van der Waals surface area (Å²) >= 11 is 0. The molecule has 3 unspecified atom stereocenters. The SMILES string of the molecule is O=C(CC1CC2CCC1C2)N1CCN(C(c2ccccc2)c2ccccc2)CC1. The van der Waals surface area contributed by atoms with E-state index in [2.05, 4.69) is 70.5 Å². The van der Waals surface area contributed by atoms with Crippen LogP contribution < -0.4 is 0 Å². The van der Waals surface area contributed by atoms with Crippen LogP contribution >= 0.6 is 0 Å². The van der Waals surface area contributed by atoms with Crippen LogP contribution in [0.4, 0.5) is 0 Å². The Hall–Kier alpha value is -2.13. The predicted molar refractivity (Wildman–Crippen MR) is 116 cm³/mol. The third-order valence-corrected chi connectivity index (χ3v) is 7.58. The zero-order chi connectivity index (χ0) is 19.6. The van der Waals surface area contributed by atoms with Crippen molar-refractivity contribution in [3.63, 3.8) is 0 Å². The Morgan fingerprint density at radius 3 is 1.97 bits per heavy atom. The molecule has 1 amide bonds. The highest BCUT2D eigenvalue weighted by atomic mass is 16.2. The van der Waals surface area contributed by atoms with Gasteiger partial charge in [0.2, 0.25) is 5.91 Å². The van der Waals surface area contributed by atoms with Crippen LogP contribution in [0, 0.1) is 17.8 Å². The molecule has 0 aromatic heterocycles. The van der Waals surface area contributed by atoms with Gasteiger partial charge in [0, 0.05) is 32.6 Å². The van der Waals surface area contributed by atoms with E-state index >= 15 is 0 Å². The standard InChI is InChI=1S/C26H32N2O/c29-25(19-24-18-20-11-12-23(24)17-20)27-13-15-28(16-14-27)26(21-7-3-1-4-8-21)22-9-5-2-6-10-22/h1-10,20,23-24,26H,11-19H2. The highest BCUT2D eigenvalue weighted by molar-refractivity contribution is 5.76. The summed E-state index contributed by atoms with van der Waals surface area (Å²) in [7, 11) is 0. The zero-order valence-electron chi connectivity index (χ0n) is 17.2. The smallest absolute Gasteiger partial charge is 0.222 e. The second-order valence-electron chi connectivity index (χ2n) is 9.28. The van der Waals surface area contributed by atoms with Gasteiger partial charge in [-0.05, 0) is 48.1 Å². The molecule has 0 radical (unpaired) electrons. The van der Waals surface area contributed by atoms with E-state index in [4.69, 9.17) is 0 Å². The first-order valence-corrected chi connectivity index (χ1v) is 11.4. The summed E-state index contributed by atoms with van der Waals surface area (Å²) in [6.45, 7) is 3.60. The Labute approximate surface area is 174 Å². The fraction of sp³-hybridized carbons (Fsp3) is 0.500. The molecular weight excluding hydrogens is 356 g/mol. The monoisotopic (exact) mass is 388 g/mol. The van der Waals surface area contributed by atoms with E-state index in [1.54, 1.807) is 0 Å². The maximum Gasteiger partial charge on any atom is 0.222 e. The molecule has 3 aliphatic rings. The summed E-state index contributed by atoms with van der Waals surface area (Å²) in [6.07, 6.45) is 6.27. The third kappa shape index (κ3) is 3.98. The molecule has 0 N–H and O–H groups in total. The number of carbonyl (C=O) groups is 1. The molecule has 0 spiro atoms. The number of amides is 1. The topological polar surface area (TPSA) is 23.6 Å². The largest absolute Gasteiger partial charge is 0.340 e. The number of nitrogens with zero attached hydrogens (tertiary/aromatic N) is 2. The molecule has 3 fully saturated rings. The molecule has 2 saturated carbocycles. The molecule has 5 rings (SSSR count). The highest BCUT2D eigenvalue weighted by Gasteiger charge is 2.41. The fourth-order valence-electron chi connectivity index (χ4n) is 6.09. The van der Waals surface area contributed by atoms with Gasteiger partial charge in [0.1, 0.15) is 0 Å². The van der Waals surface area contributed by atoms with Gasteiger partial charge in [-0.25, -0.2) is 0 Å². The minimum atomic E-state index is 0.264. The van der Waals surface area contributed by atoms with E-state index in [9.17, 15) is 4.79 Å². The van der Waals surface area contributed by atoms with Crippen molar-refractivity contribution in [2.45, 2.75) is 38.1 Å². The number of piperazine rings is 1. The van der Waals surface area contributed by atoms with Gasteiger partial charge in [-0.3, -0.25) is 9.69 Å². The highest BCUT2D eigenvalue weighted by Crippen LogP contribution is 2.49. The van der Waals surface area contributed by atoms with Crippen LogP contribution in [0.2, 0.25) is 0 Å². The Bertz CT molecular complexity index is 774. The first kappa shape index (κ1) is 18.9. The number of rotatable bonds is 5. The lowest BCUT2D eigenvalue weighted by atomic mass is 9.86. The van der Waals surface area contributed by atoms with E-state index in [1.165, 1.54) is 36.8 Å². The molecule has 1 saturated heterocycles. The summed E-state index contributed by atoms with van der Waals surface area (Å²) < 4.78 is 0. The van der Waals surface area contributed by atoms with Gasteiger partial charge in [-0.2, -0.15) is 0 Å². The lowest BCUT2D eigenvalue weighted by Crippen LogP contribution is -2.50. The van der Waals surface area contributed by atoms with Crippen LogP contribution in [0.15, 0.2) is 60.7 Å². The van der Waals surface area contributed by atoms with E-state index in [-0.39, 0.29) is 6.04 Å². The van der Waals surface area contributed by atoms with Crippen LogP contribution in [0.5, 0.6) is 0 Å². The predicted octanol–water partition coefficient (Wildman–Crippen LogP) is 4.75. The molecule has 2 aromatic carbocycles. The fourth-order valence-corrected chi connectivity index (χ4v) is 6.09. The van der Waals surface area contributed by atoms with Crippen molar-refractivity contribution in [2.24, 2.45) is 17.8 Å². The first-order chi connectivity index (χ1) is 14.3. The molecule has 3 heteroatoms. The second-order valence-corrected chi connectivity index (χ2v) is 9.28. The van der Waals surface area contributed by atoms with Crippen molar-refractivity contribution in [3.8, 4) is 0 Å². The van der Waals surface area contributed by atoms with Crippen LogP contribution in [0.3, 0.4) is 0 Å². The van der Waals surface area contributed by atoms with Crippen molar-refractivity contribution in [3.05, 3.63) is 71.8 Å². The molecule has 29 heavy (non-hydrogen) atoms. The van der Waals surface area contributed by atoms with Gasteiger partial charge in [-0.1, -0.05) is 67.1 Å². The third-order valence-electron chi connectivity index (χ3n) is 7.58. The lowest BCUT2D eigenvalue weighted by Gasteiger charge is -2.40. The molecule has 1 heterocycles. The van der Waals surface area contributed by atoms with Gasteiger partial charge < -0.3 is 4.90 Å². The first-order valence-electron chi connectivity index (χ1n) is 11.4. The molecule has 3 nitrogen and oxygen atoms in total. The molecule has 3 atom stereocenters. The average Bonchev–Trinajstić information content (AvgIpc) is 3.39. The maximum atomic E-state index is 13.0. The van der Waals surface area contributed by atoms with Crippen molar-refractivity contribution < 1.29 is 4.79 Å². The van der Waals surface area contributed by atoms with Crippen molar-refractivity contribution >= 4 is 5.91 Å². The molecule has 2 aliphatic carbocycles. The Morgan fingerprint density at radius 1 is 0.828 bits per heavy atom. The Balaban J connectivity index is 1.24. The van der Waals surface area contributed by atoms with Gasteiger partial charge in [-0.15, -0.1) is 0 Å². The normalized spacial score (nSPS) is 26.9. The minimum absolute atomic E-state index is 0.264. The molecule has 152 valence electrons. The van der Waals surface area contributed by atoms with E-state index in [0.717, 1.165) is 44.4 Å². The summed E-state index contributed by atoms with van der Waals surface area (Å²) in [5.74, 6) is 2.83. The number of hydrogen-bond acceptors (Lipinski definition) is 2. The van der Waals surface area contributed by atoms with Gasteiger partial charge in [0.05, 0.1) is 6.04 Å². The van der Waals surface area contributed by atoms with Crippen molar-refractivity contribution in [2.75, 3.05) is 26.2 Å². The van der Waals surface area contributed by atoms with Gasteiger partial charge in [0.25, 0.3) is 0 Å². The maximum absolute atomic E-state index is 13.0. The van der Waals surface area contributed by atoms with E-state index in [0.29, 0.717) is 11.8 Å². The van der Waals surface area contributed by atoms with Crippen LogP contribution in [-0.4, -0.2) is 41.9 Å². The quantitative estimate of drug-likeness (QED) is 0.738. The summed E-state index contributed by atoms with van der Waals surface area (Å²) in [6, 6.07) is 21.8. The number of carbonyl (C=O) groups excluding carboxylic acids is 1. The van der Waals surface area contributed by atoms with E-state index in [1.807, 2.05) is 0 Å².